The predicted octanol–water partition coefficient (Wildman–Crippen LogP) is 4.30. The lowest BCUT2D eigenvalue weighted by Gasteiger charge is -2.17. The zero-order valence-electron chi connectivity index (χ0n) is 12.6. The average molecular weight is 267 g/mol. The van der Waals surface area contributed by atoms with Crippen molar-refractivity contribution in [2.45, 2.75) is 19.8 Å². The van der Waals surface area contributed by atoms with Gasteiger partial charge in [-0.3, -0.25) is 0 Å². The molecule has 2 nitrogen and oxygen atoms in total. The van der Waals surface area contributed by atoms with Crippen molar-refractivity contribution in [1.29, 1.82) is 0 Å². The first kappa shape index (κ1) is 14.3. The summed E-state index contributed by atoms with van der Waals surface area (Å²) in [7, 11) is 4.28. The van der Waals surface area contributed by atoms with Crippen LogP contribution in [0.25, 0.3) is 0 Å². The highest BCUT2D eigenvalue weighted by molar-refractivity contribution is 5.94. The molecule has 0 saturated heterocycles. The van der Waals surface area contributed by atoms with E-state index in [1.807, 2.05) is 0 Å². The number of nitrogens with zero attached hydrogens (tertiary/aromatic N) is 2. The maximum absolute atomic E-state index is 2.27. The number of amidine groups is 1. The van der Waals surface area contributed by atoms with Gasteiger partial charge in [-0.05, 0) is 30.7 Å². The molecule has 2 heteroatoms. The molecule has 2 aromatic carbocycles. The van der Waals surface area contributed by atoms with Crippen LogP contribution in [0.5, 0.6) is 0 Å². The third kappa shape index (κ3) is 3.27. The van der Waals surface area contributed by atoms with E-state index >= 15 is 0 Å². The van der Waals surface area contributed by atoms with Gasteiger partial charge in [0.05, 0.1) is 14.1 Å². The van der Waals surface area contributed by atoms with Crippen LogP contribution in [-0.2, 0) is 0 Å². The first-order chi connectivity index (χ1) is 9.74. The Hall–Kier alpha value is -2.09. The standard InChI is InChI=1S/C18H23N2/c1-4-11-18(19(2)16-12-7-5-8-13-16)20(3)17-14-9-6-10-15-17/h5-10,12-15H,4,11H2,1-3H3/q+1. The van der Waals surface area contributed by atoms with Gasteiger partial charge in [0.2, 0.25) is 0 Å². The number of hydrogen-bond donors (Lipinski definition) is 0. The van der Waals surface area contributed by atoms with Gasteiger partial charge in [-0.25, -0.2) is 9.48 Å². The topological polar surface area (TPSA) is 6.25 Å². The molecule has 104 valence electrons. The third-order valence-electron chi connectivity index (χ3n) is 3.53. The van der Waals surface area contributed by atoms with Crippen molar-refractivity contribution in [3.05, 3.63) is 60.7 Å². The van der Waals surface area contributed by atoms with Crippen LogP contribution in [0.15, 0.2) is 60.7 Å². The van der Waals surface area contributed by atoms with Crippen LogP contribution in [0.2, 0.25) is 0 Å². The maximum Gasteiger partial charge on any atom is 0.256 e. The molecule has 2 aromatic rings. The number of anilines is 1. The van der Waals surface area contributed by atoms with Crippen LogP contribution in [0, 0.1) is 0 Å². The fourth-order valence-electron chi connectivity index (χ4n) is 2.39. The Morgan fingerprint density at radius 2 is 1.50 bits per heavy atom. The lowest BCUT2D eigenvalue weighted by atomic mass is 10.2. The van der Waals surface area contributed by atoms with E-state index in [2.05, 4.69) is 91.2 Å². The molecule has 0 amide bonds. The first-order valence-electron chi connectivity index (χ1n) is 7.17. The van der Waals surface area contributed by atoms with E-state index in [1.54, 1.807) is 0 Å². The second-order valence-electron chi connectivity index (χ2n) is 4.96. The molecular weight excluding hydrogens is 244 g/mol. The van der Waals surface area contributed by atoms with Crippen LogP contribution < -0.4 is 4.90 Å². The van der Waals surface area contributed by atoms with Crippen LogP contribution in [0.4, 0.5) is 11.4 Å². The molecule has 0 unspecified atom stereocenters. The molecule has 0 aliphatic heterocycles. The first-order valence-corrected chi connectivity index (χ1v) is 7.17. The quantitative estimate of drug-likeness (QED) is 0.455. The van der Waals surface area contributed by atoms with Gasteiger partial charge >= 0.3 is 0 Å². The Morgan fingerprint density at radius 1 is 0.950 bits per heavy atom. The largest absolute Gasteiger partial charge is 0.256 e. The second-order valence-corrected chi connectivity index (χ2v) is 4.96. The second kappa shape index (κ2) is 6.90. The molecule has 20 heavy (non-hydrogen) atoms. The minimum absolute atomic E-state index is 1.05. The molecule has 2 rings (SSSR count). The van der Waals surface area contributed by atoms with Crippen molar-refractivity contribution in [2.75, 3.05) is 19.0 Å². The Balaban J connectivity index is 2.40. The Kier molecular flexibility index (Phi) is 4.94. The van der Waals surface area contributed by atoms with Crippen molar-refractivity contribution in [3.8, 4) is 0 Å². The third-order valence-corrected chi connectivity index (χ3v) is 3.53. The molecule has 0 heterocycles. The molecule has 0 saturated carbocycles. The van der Waals surface area contributed by atoms with Crippen molar-refractivity contribution in [3.63, 3.8) is 0 Å². The van der Waals surface area contributed by atoms with Gasteiger partial charge in [0.15, 0.2) is 0 Å². The van der Waals surface area contributed by atoms with Crippen molar-refractivity contribution < 1.29 is 4.58 Å². The molecule has 0 fully saturated rings. The summed E-state index contributed by atoms with van der Waals surface area (Å²) in [5.74, 6) is 1.31. The lowest BCUT2D eigenvalue weighted by Crippen LogP contribution is -2.32. The minimum atomic E-state index is 1.05. The Bertz CT molecular complexity index is 558. The van der Waals surface area contributed by atoms with Gasteiger partial charge in [-0.1, -0.05) is 43.3 Å². The lowest BCUT2D eigenvalue weighted by molar-refractivity contribution is -0.407. The fourth-order valence-corrected chi connectivity index (χ4v) is 2.39. The van der Waals surface area contributed by atoms with Crippen molar-refractivity contribution >= 4 is 17.2 Å². The van der Waals surface area contributed by atoms with Gasteiger partial charge in [0.25, 0.3) is 5.84 Å². The molecule has 0 radical (unpaired) electrons. The summed E-state index contributed by atoms with van der Waals surface area (Å²) in [6.07, 6.45) is 2.18. The highest BCUT2D eigenvalue weighted by Gasteiger charge is 2.19. The van der Waals surface area contributed by atoms with Gasteiger partial charge in [-0.15, -0.1) is 0 Å². The van der Waals surface area contributed by atoms with Crippen LogP contribution in [0.3, 0.4) is 0 Å². The van der Waals surface area contributed by atoms with Crippen LogP contribution >= 0.6 is 0 Å². The van der Waals surface area contributed by atoms with Crippen molar-refractivity contribution in [2.24, 2.45) is 0 Å². The maximum atomic E-state index is 2.27. The highest BCUT2D eigenvalue weighted by atomic mass is 15.2. The van der Waals surface area contributed by atoms with Gasteiger partial charge in [0, 0.05) is 6.42 Å². The van der Waals surface area contributed by atoms with Gasteiger partial charge in [-0.2, -0.15) is 0 Å². The molecule has 0 aliphatic carbocycles. The Labute approximate surface area is 122 Å². The minimum Gasteiger partial charge on any atom is -0.234 e. The fraction of sp³-hybridized carbons (Fsp3) is 0.278. The molecule has 0 atom stereocenters. The normalized spacial score (nSPS) is 11.9. The highest BCUT2D eigenvalue weighted by Crippen LogP contribution is 2.17. The summed E-state index contributed by atoms with van der Waals surface area (Å²) in [6, 6.07) is 21.0. The summed E-state index contributed by atoms with van der Waals surface area (Å²) in [5, 5.41) is 0. The van der Waals surface area contributed by atoms with E-state index in [-0.39, 0.29) is 0 Å². The Morgan fingerprint density at radius 3 is 2.05 bits per heavy atom. The molecule has 0 bridgehead atoms. The smallest absolute Gasteiger partial charge is 0.234 e. The SMILES string of the molecule is CCCC(N(C)c1ccccc1)=[N+](C)c1ccccc1. The number of para-hydroxylation sites is 2. The zero-order chi connectivity index (χ0) is 14.4. The van der Waals surface area contributed by atoms with E-state index < -0.39 is 0 Å². The summed E-state index contributed by atoms with van der Waals surface area (Å²) in [4.78, 5) is 2.27. The van der Waals surface area contributed by atoms with E-state index in [4.69, 9.17) is 0 Å². The molecule has 0 aromatic heterocycles. The van der Waals surface area contributed by atoms with Gasteiger partial charge in [0.1, 0.15) is 11.4 Å². The summed E-state index contributed by atoms with van der Waals surface area (Å²) in [5.41, 5.74) is 2.44. The monoisotopic (exact) mass is 267 g/mol. The molecular formula is C18H23N2+. The molecule has 0 aliphatic rings. The summed E-state index contributed by atoms with van der Waals surface area (Å²) >= 11 is 0. The molecule has 0 spiro atoms. The summed E-state index contributed by atoms with van der Waals surface area (Å²) in [6.45, 7) is 2.22. The average Bonchev–Trinajstić information content (AvgIpc) is 2.53. The summed E-state index contributed by atoms with van der Waals surface area (Å²) < 4.78 is 2.27. The van der Waals surface area contributed by atoms with Crippen LogP contribution in [0.1, 0.15) is 19.8 Å². The zero-order valence-corrected chi connectivity index (χ0v) is 12.6. The predicted molar refractivity (Wildman–Crippen MR) is 87.0 cm³/mol. The van der Waals surface area contributed by atoms with Gasteiger partial charge < -0.3 is 0 Å². The number of rotatable bonds is 4. The van der Waals surface area contributed by atoms with E-state index in [0.717, 1.165) is 12.8 Å². The van der Waals surface area contributed by atoms with E-state index in [1.165, 1.54) is 17.2 Å². The van der Waals surface area contributed by atoms with Crippen molar-refractivity contribution in [1.82, 2.24) is 0 Å². The number of benzene rings is 2. The van der Waals surface area contributed by atoms with Crippen LogP contribution in [-0.4, -0.2) is 24.5 Å². The number of hydrogen-bond acceptors (Lipinski definition) is 0. The molecule has 0 N–H and O–H groups in total. The van der Waals surface area contributed by atoms with E-state index in [9.17, 15) is 0 Å². The van der Waals surface area contributed by atoms with E-state index in [0.29, 0.717) is 0 Å².